The average molecular weight is 325 g/mol. The lowest BCUT2D eigenvalue weighted by Crippen LogP contribution is -2.30. The van der Waals surface area contributed by atoms with Crippen molar-refractivity contribution in [3.05, 3.63) is 72.4 Å². The molecule has 0 spiro atoms. The number of furan rings is 2. The van der Waals surface area contributed by atoms with E-state index >= 15 is 0 Å². The Balaban J connectivity index is 1.54. The van der Waals surface area contributed by atoms with E-state index in [0.29, 0.717) is 12.2 Å². The van der Waals surface area contributed by atoms with Crippen LogP contribution in [0.5, 0.6) is 0 Å². The highest BCUT2D eigenvalue weighted by atomic mass is 16.3. The quantitative estimate of drug-likeness (QED) is 0.699. The second-order valence-corrected chi connectivity index (χ2v) is 5.45. The number of benzene rings is 1. The largest absolute Gasteiger partial charge is 0.467 e. The lowest BCUT2D eigenvalue weighted by Gasteiger charge is -2.13. The number of aryl methyl sites for hydroxylation is 1. The average Bonchev–Trinajstić information content (AvgIpc) is 3.30. The summed E-state index contributed by atoms with van der Waals surface area (Å²) in [5.74, 6) is 1.91. The van der Waals surface area contributed by atoms with Crippen LogP contribution in [0.2, 0.25) is 0 Å². The number of rotatable bonds is 7. The minimum Gasteiger partial charge on any atom is -0.467 e. The summed E-state index contributed by atoms with van der Waals surface area (Å²) in [5.41, 5.74) is 1.01. The Morgan fingerprint density at radius 3 is 2.62 bits per heavy atom. The summed E-state index contributed by atoms with van der Waals surface area (Å²) >= 11 is 0. The van der Waals surface area contributed by atoms with Gasteiger partial charge in [-0.1, -0.05) is 30.3 Å². The molecule has 24 heavy (non-hydrogen) atoms. The summed E-state index contributed by atoms with van der Waals surface area (Å²) in [6.07, 6.45) is 2.28. The molecule has 124 valence electrons. The number of nitrogens with one attached hydrogen (secondary N) is 1. The van der Waals surface area contributed by atoms with Gasteiger partial charge in [0.25, 0.3) is 0 Å². The molecule has 1 unspecified atom stereocenters. The number of hydrogen-bond donors (Lipinski definition) is 2. The van der Waals surface area contributed by atoms with E-state index in [1.54, 1.807) is 12.1 Å². The van der Waals surface area contributed by atoms with Gasteiger partial charge < -0.3 is 19.3 Å². The molecular formula is C19H19NO4. The third-order valence-corrected chi connectivity index (χ3v) is 3.72. The van der Waals surface area contributed by atoms with Crippen LogP contribution in [0.25, 0.3) is 11.3 Å². The Bertz CT molecular complexity index is 762. The number of amides is 1. The Morgan fingerprint density at radius 1 is 1.08 bits per heavy atom. The zero-order valence-corrected chi connectivity index (χ0v) is 13.1. The van der Waals surface area contributed by atoms with E-state index in [2.05, 4.69) is 5.32 Å². The molecule has 0 aliphatic rings. The molecule has 2 heterocycles. The van der Waals surface area contributed by atoms with E-state index in [-0.39, 0.29) is 18.9 Å². The van der Waals surface area contributed by atoms with Crippen molar-refractivity contribution < 1.29 is 18.7 Å². The highest BCUT2D eigenvalue weighted by Gasteiger charge is 2.16. The zero-order valence-electron chi connectivity index (χ0n) is 13.1. The molecule has 1 aromatic carbocycles. The molecule has 2 N–H and O–H groups in total. The third-order valence-electron chi connectivity index (χ3n) is 3.72. The summed E-state index contributed by atoms with van der Waals surface area (Å²) in [4.78, 5) is 12.1. The van der Waals surface area contributed by atoms with Gasteiger partial charge in [0.1, 0.15) is 23.3 Å². The van der Waals surface area contributed by atoms with Gasteiger partial charge in [-0.25, -0.2) is 0 Å². The van der Waals surface area contributed by atoms with Gasteiger partial charge in [0.05, 0.1) is 12.9 Å². The standard InChI is InChI=1S/C19H19NO4/c21-13-16(18-7-4-12-23-18)20-19(22)11-9-15-8-10-17(24-15)14-5-2-1-3-6-14/h1-8,10,12,16,21H,9,11,13H2,(H,20,22). The van der Waals surface area contributed by atoms with Crippen LogP contribution in [0.4, 0.5) is 0 Å². The lowest BCUT2D eigenvalue weighted by atomic mass is 10.2. The zero-order chi connectivity index (χ0) is 16.8. The van der Waals surface area contributed by atoms with Crippen molar-refractivity contribution in [3.63, 3.8) is 0 Å². The van der Waals surface area contributed by atoms with Gasteiger partial charge in [-0.05, 0) is 24.3 Å². The van der Waals surface area contributed by atoms with Gasteiger partial charge in [0, 0.05) is 18.4 Å². The first-order valence-electron chi connectivity index (χ1n) is 7.84. The van der Waals surface area contributed by atoms with Crippen molar-refractivity contribution in [2.24, 2.45) is 0 Å². The Hall–Kier alpha value is -2.79. The summed E-state index contributed by atoms with van der Waals surface area (Å²) < 4.78 is 11.0. The molecule has 5 nitrogen and oxygen atoms in total. The van der Waals surface area contributed by atoms with Gasteiger partial charge in [0.15, 0.2) is 0 Å². The molecule has 1 amide bonds. The first kappa shape index (κ1) is 16.1. The van der Waals surface area contributed by atoms with Crippen LogP contribution in [0.3, 0.4) is 0 Å². The SMILES string of the molecule is O=C(CCc1ccc(-c2ccccc2)o1)NC(CO)c1ccco1. The van der Waals surface area contributed by atoms with E-state index in [4.69, 9.17) is 8.83 Å². The minimum atomic E-state index is -0.524. The second-order valence-electron chi connectivity index (χ2n) is 5.45. The monoisotopic (exact) mass is 325 g/mol. The molecule has 0 fully saturated rings. The topological polar surface area (TPSA) is 75.6 Å². The normalized spacial score (nSPS) is 12.0. The molecule has 3 rings (SSSR count). The van der Waals surface area contributed by atoms with E-state index in [1.165, 1.54) is 6.26 Å². The Morgan fingerprint density at radius 2 is 1.92 bits per heavy atom. The number of aliphatic hydroxyl groups excluding tert-OH is 1. The van der Waals surface area contributed by atoms with Crippen LogP contribution in [0.15, 0.2) is 69.7 Å². The maximum atomic E-state index is 12.1. The lowest BCUT2D eigenvalue weighted by molar-refractivity contribution is -0.122. The number of aliphatic hydroxyl groups is 1. The smallest absolute Gasteiger partial charge is 0.221 e. The molecule has 0 aliphatic heterocycles. The molecule has 0 bridgehead atoms. The van der Waals surface area contributed by atoms with Crippen LogP contribution >= 0.6 is 0 Å². The Labute approximate surface area is 139 Å². The summed E-state index contributed by atoms with van der Waals surface area (Å²) in [7, 11) is 0. The minimum absolute atomic E-state index is 0.164. The molecule has 5 heteroatoms. The highest BCUT2D eigenvalue weighted by Crippen LogP contribution is 2.22. The van der Waals surface area contributed by atoms with Gasteiger partial charge in [-0.2, -0.15) is 0 Å². The van der Waals surface area contributed by atoms with Crippen molar-refractivity contribution >= 4 is 5.91 Å². The fourth-order valence-corrected chi connectivity index (χ4v) is 2.47. The van der Waals surface area contributed by atoms with E-state index < -0.39 is 6.04 Å². The van der Waals surface area contributed by atoms with Crippen LogP contribution < -0.4 is 5.32 Å². The molecule has 1 atom stereocenters. The van der Waals surface area contributed by atoms with E-state index in [9.17, 15) is 9.90 Å². The number of hydrogen-bond acceptors (Lipinski definition) is 4. The molecule has 0 saturated carbocycles. The second kappa shape index (κ2) is 7.66. The van der Waals surface area contributed by atoms with Crippen LogP contribution in [-0.2, 0) is 11.2 Å². The van der Waals surface area contributed by atoms with Gasteiger partial charge >= 0.3 is 0 Å². The molecule has 0 radical (unpaired) electrons. The van der Waals surface area contributed by atoms with Gasteiger partial charge in [-0.15, -0.1) is 0 Å². The maximum absolute atomic E-state index is 12.1. The third kappa shape index (κ3) is 3.94. The number of carbonyl (C=O) groups is 1. The van der Waals surface area contributed by atoms with Crippen molar-refractivity contribution in [3.8, 4) is 11.3 Å². The van der Waals surface area contributed by atoms with Crippen molar-refractivity contribution in [2.75, 3.05) is 6.61 Å². The Kier molecular flexibility index (Phi) is 5.13. The maximum Gasteiger partial charge on any atom is 0.221 e. The number of carbonyl (C=O) groups excluding carboxylic acids is 1. The fourth-order valence-electron chi connectivity index (χ4n) is 2.47. The first-order chi connectivity index (χ1) is 11.8. The molecule has 0 aliphatic carbocycles. The van der Waals surface area contributed by atoms with Crippen molar-refractivity contribution in [1.29, 1.82) is 0 Å². The predicted molar refractivity (Wildman–Crippen MR) is 89.1 cm³/mol. The summed E-state index contributed by atoms with van der Waals surface area (Å²) in [6.45, 7) is -0.210. The van der Waals surface area contributed by atoms with Crippen LogP contribution in [-0.4, -0.2) is 17.6 Å². The van der Waals surface area contributed by atoms with E-state index in [0.717, 1.165) is 17.1 Å². The van der Waals surface area contributed by atoms with Gasteiger partial charge in [0.2, 0.25) is 5.91 Å². The van der Waals surface area contributed by atoms with E-state index in [1.807, 2.05) is 42.5 Å². The summed E-state index contributed by atoms with van der Waals surface area (Å²) in [6, 6.07) is 16.5. The summed E-state index contributed by atoms with van der Waals surface area (Å²) in [5, 5.41) is 12.1. The molecule has 2 aromatic heterocycles. The first-order valence-corrected chi connectivity index (χ1v) is 7.84. The van der Waals surface area contributed by atoms with Crippen molar-refractivity contribution in [1.82, 2.24) is 5.32 Å². The van der Waals surface area contributed by atoms with Crippen LogP contribution in [0.1, 0.15) is 24.0 Å². The van der Waals surface area contributed by atoms with Gasteiger partial charge in [-0.3, -0.25) is 4.79 Å². The molecule has 3 aromatic rings. The molecule has 0 saturated heterocycles. The fraction of sp³-hybridized carbons (Fsp3) is 0.211. The molecular weight excluding hydrogens is 306 g/mol. The predicted octanol–water partition coefficient (Wildman–Crippen LogP) is 3.32. The van der Waals surface area contributed by atoms with Crippen molar-refractivity contribution in [2.45, 2.75) is 18.9 Å². The highest BCUT2D eigenvalue weighted by molar-refractivity contribution is 5.76. The van der Waals surface area contributed by atoms with Crippen LogP contribution in [0, 0.1) is 0 Å².